The summed E-state index contributed by atoms with van der Waals surface area (Å²) in [7, 11) is 0. The van der Waals surface area contributed by atoms with E-state index in [0.29, 0.717) is 0 Å². The molecule has 1 atom stereocenters. The molecule has 0 aliphatic heterocycles. The Kier molecular flexibility index (Phi) is 3.14. The standard InChI is InChI=1S/C4H9NO3/c1-3(8-5)2-4(6)7/h3H,2,5H2,1H3,(H,6,7)/t3-/m0/s1. The van der Waals surface area contributed by atoms with E-state index in [-0.39, 0.29) is 6.42 Å². The molecule has 0 aromatic heterocycles. The number of carboxylic acid groups (broad SMARTS) is 1. The van der Waals surface area contributed by atoms with Crippen molar-refractivity contribution in [3.05, 3.63) is 0 Å². The zero-order chi connectivity index (χ0) is 6.57. The van der Waals surface area contributed by atoms with Crippen LogP contribution in [0.4, 0.5) is 0 Å². The lowest BCUT2D eigenvalue weighted by molar-refractivity contribution is -0.139. The van der Waals surface area contributed by atoms with E-state index < -0.39 is 12.1 Å². The highest BCUT2D eigenvalue weighted by atomic mass is 16.6. The van der Waals surface area contributed by atoms with Crippen LogP contribution in [0, 0.1) is 0 Å². The van der Waals surface area contributed by atoms with Gasteiger partial charge in [0.05, 0.1) is 12.5 Å². The van der Waals surface area contributed by atoms with E-state index in [1.807, 2.05) is 0 Å². The van der Waals surface area contributed by atoms with Crippen LogP contribution >= 0.6 is 0 Å². The maximum atomic E-state index is 9.83. The first-order valence-corrected chi connectivity index (χ1v) is 2.24. The summed E-state index contributed by atoms with van der Waals surface area (Å²) in [5.74, 6) is 3.76. The van der Waals surface area contributed by atoms with Gasteiger partial charge in [0, 0.05) is 0 Å². The molecule has 0 heterocycles. The van der Waals surface area contributed by atoms with Gasteiger partial charge in [0.1, 0.15) is 0 Å². The first kappa shape index (κ1) is 7.39. The van der Waals surface area contributed by atoms with Crippen LogP contribution in [-0.4, -0.2) is 17.2 Å². The lowest BCUT2D eigenvalue weighted by atomic mass is 10.3. The fraction of sp³-hybridized carbons (Fsp3) is 0.750. The van der Waals surface area contributed by atoms with Gasteiger partial charge in [-0.05, 0) is 6.92 Å². The lowest BCUT2D eigenvalue weighted by Gasteiger charge is -2.01. The monoisotopic (exact) mass is 119 g/mol. The van der Waals surface area contributed by atoms with E-state index in [1.54, 1.807) is 6.92 Å². The number of hydrogen-bond donors (Lipinski definition) is 2. The zero-order valence-electron chi connectivity index (χ0n) is 4.63. The minimum atomic E-state index is -0.900. The van der Waals surface area contributed by atoms with Crippen molar-refractivity contribution in [1.82, 2.24) is 0 Å². The second-order valence-corrected chi connectivity index (χ2v) is 1.54. The third kappa shape index (κ3) is 3.58. The average Bonchev–Trinajstić information content (AvgIpc) is 1.65. The molecule has 0 saturated heterocycles. The number of nitrogens with two attached hydrogens (primary N) is 1. The van der Waals surface area contributed by atoms with Crippen LogP contribution < -0.4 is 5.90 Å². The number of hydrogen-bond acceptors (Lipinski definition) is 3. The summed E-state index contributed by atoms with van der Waals surface area (Å²) < 4.78 is 0. The molecule has 0 unspecified atom stereocenters. The van der Waals surface area contributed by atoms with Crippen molar-refractivity contribution in [3.63, 3.8) is 0 Å². The van der Waals surface area contributed by atoms with E-state index in [4.69, 9.17) is 5.11 Å². The Balaban J connectivity index is 3.24. The molecule has 48 valence electrons. The molecule has 0 aromatic rings. The molecule has 3 N–H and O–H groups in total. The minimum absolute atomic E-state index is 0.0451. The molecule has 0 radical (unpaired) electrons. The number of aliphatic carboxylic acids is 1. The molecule has 0 spiro atoms. The van der Waals surface area contributed by atoms with Crippen molar-refractivity contribution in [2.24, 2.45) is 5.90 Å². The molecular weight excluding hydrogens is 110 g/mol. The topological polar surface area (TPSA) is 72.5 Å². The lowest BCUT2D eigenvalue weighted by Crippen LogP contribution is -2.16. The van der Waals surface area contributed by atoms with Crippen molar-refractivity contribution in [3.8, 4) is 0 Å². The summed E-state index contributed by atoms with van der Waals surface area (Å²) >= 11 is 0. The van der Waals surface area contributed by atoms with Crippen molar-refractivity contribution < 1.29 is 14.7 Å². The van der Waals surface area contributed by atoms with E-state index in [2.05, 4.69) is 10.7 Å². The highest BCUT2D eigenvalue weighted by molar-refractivity contribution is 5.67. The molecule has 0 amide bonds. The van der Waals surface area contributed by atoms with Crippen LogP contribution in [-0.2, 0) is 9.63 Å². The van der Waals surface area contributed by atoms with Crippen molar-refractivity contribution >= 4 is 5.97 Å². The van der Waals surface area contributed by atoms with Crippen LogP contribution in [0.2, 0.25) is 0 Å². The van der Waals surface area contributed by atoms with E-state index in [0.717, 1.165) is 0 Å². The van der Waals surface area contributed by atoms with Gasteiger partial charge in [0.2, 0.25) is 0 Å². The Morgan fingerprint density at radius 2 is 2.50 bits per heavy atom. The van der Waals surface area contributed by atoms with Crippen LogP contribution in [0.1, 0.15) is 13.3 Å². The smallest absolute Gasteiger partial charge is 0.306 e. The zero-order valence-corrected chi connectivity index (χ0v) is 4.63. The Bertz CT molecular complexity index is 83.4. The van der Waals surface area contributed by atoms with Gasteiger partial charge < -0.3 is 9.94 Å². The first-order valence-electron chi connectivity index (χ1n) is 2.24. The SMILES string of the molecule is C[C@@H](CC(=O)O)ON. The fourth-order valence-corrected chi connectivity index (χ4v) is 0.294. The van der Waals surface area contributed by atoms with Gasteiger partial charge in [-0.1, -0.05) is 0 Å². The van der Waals surface area contributed by atoms with Gasteiger partial charge in [-0.3, -0.25) is 4.79 Å². The maximum absolute atomic E-state index is 9.83. The summed E-state index contributed by atoms with van der Waals surface area (Å²) in [5.41, 5.74) is 0. The second-order valence-electron chi connectivity index (χ2n) is 1.54. The second kappa shape index (κ2) is 3.40. The van der Waals surface area contributed by atoms with Gasteiger partial charge in [-0.15, -0.1) is 0 Å². The summed E-state index contributed by atoms with van der Waals surface area (Å²) in [6.45, 7) is 1.59. The van der Waals surface area contributed by atoms with Gasteiger partial charge >= 0.3 is 5.97 Å². The Labute approximate surface area is 47.2 Å². The molecular formula is C4H9NO3. The summed E-state index contributed by atoms with van der Waals surface area (Å²) in [5, 5.41) is 8.08. The molecule has 0 aliphatic carbocycles. The molecule has 0 rings (SSSR count). The quantitative estimate of drug-likeness (QED) is 0.502. The summed E-state index contributed by atoms with van der Waals surface area (Å²) in [4.78, 5) is 14.0. The number of rotatable bonds is 3. The van der Waals surface area contributed by atoms with Crippen molar-refractivity contribution in [2.75, 3.05) is 0 Å². The van der Waals surface area contributed by atoms with E-state index in [1.165, 1.54) is 0 Å². The normalized spacial score (nSPS) is 13.2. The molecule has 0 bridgehead atoms. The minimum Gasteiger partial charge on any atom is -0.481 e. The fourth-order valence-electron chi connectivity index (χ4n) is 0.294. The van der Waals surface area contributed by atoms with Crippen LogP contribution in [0.15, 0.2) is 0 Å². The molecule has 0 aliphatic rings. The van der Waals surface area contributed by atoms with Gasteiger partial charge in [0.25, 0.3) is 0 Å². The first-order chi connectivity index (χ1) is 3.66. The number of carboxylic acids is 1. The third-order valence-corrected chi connectivity index (χ3v) is 0.694. The number of carbonyl (C=O) groups is 1. The van der Waals surface area contributed by atoms with Crippen molar-refractivity contribution in [1.29, 1.82) is 0 Å². The Hall–Kier alpha value is -0.610. The molecule has 0 saturated carbocycles. The maximum Gasteiger partial charge on any atom is 0.306 e. The predicted molar refractivity (Wildman–Crippen MR) is 27.0 cm³/mol. The van der Waals surface area contributed by atoms with Crippen molar-refractivity contribution in [2.45, 2.75) is 19.4 Å². The van der Waals surface area contributed by atoms with Gasteiger partial charge in [-0.2, -0.15) is 0 Å². The molecule has 0 aromatic carbocycles. The summed E-state index contributed by atoms with van der Waals surface area (Å²) in [6, 6.07) is 0. The molecule has 4 nitrogen and oxygen atoms in total. The highest BCUT2D eigenvalue weighted by Gasteiger charge is 2.04. The van der Waals surface area contributed by atoms with Crippen LogP contribution in [0.3, 0.4) is 0 Å². The predicted octanol–water partition coefficient (Wildman–Crippen LogP) is -0.260. The van der Waals surface area contributed by atoms with E-state index >= 15 is 0 Å². The van der Waals surface area contributed by atoms with Gasteiger partial charge in [-0.25, -0.2) is 5.90 Å². The Morgan fingerprint density at radius 1 is 2.00 bits per heavy atom. The third-order valence-electron chi connectivity index (χ3n) is 0.694. The highest BCUT2D eigenvalue weighted by Crippen LogP contribution is 1.91. The Morgan fingerprint density at radius 3 is 2.62 bits per heavy atom. The van der Waals surface area contributed by atoms with Crippen LogP contribution in [0.25, 0.3) is 0 Å². The molecule has 8 heavy (non-hydrogen) atoms. The average molecular weight is 119 g/mol. The summed E-state index contributed by atoms with van der Waals surface area (Å²) in [6.07, 6.45) is -0.441. The van der Waals surface area contributed by atoms with Crippen LogP contribution in [0.5, 0.6) is 0 Å². The molecule has 4 heteroatoms. The largest absolute Gasteiger partial charge is 0.481 e. The molecule has 0 fully saturated rings. The van der Waals surface area contributed by atoms with Gasteiger partial charge in [0.15, 0.2) is 0 Å². The van der Waals surface area contributed by atoms with E-state index in [9.17, 15) is 4.79 Å².